The predicted molar refractivity (Wildman–Crippen MR) is 81.2 cm³/mol. The minimum atomic E-state index is -0.561. The van der Waals surface area contributed by atoms with Crippen LogP contribution in [0, 0.1) is 5.82 Å². The van der Waals surface area contributed by atoms with Gasteiger partial charge >= 0.3 is 5.97 Å². The molecule has 8 heteroatoms. The van der Waals surface area contributed by atoms with Crippen LogP contribution in [0.5, 0.6) is 0 Å². The summed E-state index contributed by atoms with van der Waals surface area (Å²) in [5.41, 5.74) is 6.33. The zero-order chi connectivity index (χ0) is 16.1. The van der Waals surface area contributed by atoms with Gasteiger partial charge in [0.1, 0.15) is 5.82 Å². The largest absolute Gasteiger partial charge is 0.466 e. The van der Waals surface area contributed by atoms with E-state index in [-0.39, 0.29) is 23.6 Å². The van der Waals surface area contributed by atoms with Crippen molar-refractivity contribution in [2.45, 2.75) is 13.3 Å². The van der Waals surface area contributed by atoms with Crippen molar-refractivity contribution in [3.8, 4) is 0 Å². The van der Waals surface area contributed by atoms with E-state index in [0.717, 1.165) is 17.4 Å². The highest BCUT2D eigenvalue weighted by molar-refractivity contribution is 7.14. The Kier molecular flexibility index (Phi) is 5.05. The van der Waals surface area contributed by atoms with Crippen LogP contribution >= 0.6 is 11.3 Å². The second kappa shape index (κ2) is 6.99. The number of hydrogen-bond donors (Lipinski definition) is 2. The van der Waals surface area contributed by atoms with Gasteiger partial charge in [0.25, 0.3) is 5.91 Å². The number of rotatable bonds is 5. The molecule has 0 fully saturated rings. The molecule has 0 spiro atoms. The van der Waals surface area contributed by atoms with Gasteiger partial charge in [-0.3, -0.25) is 14.9 Å². The summed E-state index contributed by atoms with van der Waals surface area (Å²) < 4.78 is 18.0. The number of amides is 1. The van der Waals surface area contributed by atoms with E-state index in [4.69, 9.17) is 10.5 Å². The van der Waals surface area contributed by atoms with Gasteiger partial charge in [-0.05, 0) is 25.1 Å². The highest BCUT2D eigenvalue weighted by Gasteiger charge is 2.14. The molecular formula is C14H14FN3O3S. The fraction of sp³-hybridized carbons (Fsp3) is 0.214. The Morgan fingerprint density at radius 2 is 2.23 bits per heavy atom. The fourth-order valence-corrected chi connectivity index (χ4v) is 2.40. The molecule has 0 aliphatic heterocycles. The number of nitrogens with zero attached hydrogens (tertiary/aromatic N) is 1. The van der Waals surface area contributed by atoms with Crippen LogP contribution in [0.4, 0.5) is 15.2 Å². The summed E-state index contributed by atoms with van der Waals surface area (Å²) in [6.45, 7) is 2.01. The third-order valence-electron chi connectivity index (χ3n) is 2.66. The molecule has 6 nitrogen and oxygen atoms in total. The Morgan fingerprint density at radius 3 is 2.95 bits per heavy atom. The molecule has 1 aromatic heterocycles. The van der Waals surface area contributed by atoms with Crippen LogP contribution in [0.15, 0.2) is 23.6 Å². The third kappa shape index (κ3) is 4.01. The molecule has 0 unspecified atom stereocenters. The molecular weight excluding hydrogens is 309 g/mol. The summed E-state index contributed by atoms with van der Waals surface area (Å²) in [6.07, 6.45) is 0.0301. The molecule has 1 aromatic carbocycles. The van der Waals surface area contributed by atoms with Crippen molar-refractivity contribution in [3.05, 3.63) is 40.7 Å². The summed E-state index contributed by atoms with van der Waals surface area (Å²) in [5, 5.41) is 4.46. The first kappa shape index (κ1) is 15.9. The summed E-state index contributed by atoms with van der Waals surface area (Å²) in [6, 6.07) is 3.54. The molecule has 1 heterocycles. The molecule has 2 aromatic rings. The number of benzene rings is 1. The summed E-state index contributed by atoms with van der Waals surface area (Å²) in [5.74, 6) is -1.50. The molecule has 0 saturated heterocycles. The molecule has 1 amide bonds. The molecule has 2 rings (SSSR count). The molecule has 3 N–H and O–H groups in total. The van der Waals surface area contributed by atoms with Crippen LogP contribution in [0.25, 0.3) is 0 Å². The number of carbonyl (C=O) groups is 2. The van der Waals surface area contributed by atoms with Crippen LogP contribution in [-0.2, 0) is 16.0 Å². The number of nitrogens with one attached hydrogen (secondary N) is 1. The lowest BCUT2D eigenvalue weighted by Crippen LogP contribution is -2.14. The van der Waals surface area contributed by atoms with E-state index in [0.29, 0.717) is 17.4 Å². The Bertz CT molecular complexity index is 702. The maximum Gasteiger partial charge on any atom is 0.311 e. The Balaban J connectivity index is 2.05. The fourth-order valence-electron chi connectivity index (χ4n) is 1.70. The van der Waals surface area contributed by atoms with Crippen LogP contribution in [0.3, 0.4) is 0 Å². The minimum Gasteiger partial charge on any atom is -0.466 e. The van der Waals surface area contributed by atoms with Crippen molar-refractivity contribution in [3.63, 3.8) is 0 Å². The molecule has 0 aliphatic carbocycles. The zero-order valence-electron chi connectivity index (χ0n) is 11.8. The van der Waals surface area contributed by atoms with Gasteiger partial charge in [-0.15, -0.1) is 11.3 Å². The van der Waals surface area contributed by atoms with Crippen LogP contribution in [0.2, 0.25) is 0 Å². The highest BCUT2D eigenvalue weighted by atomic mass is 32.1. The van der Waals surface area contributed by atoms with E-state index < -0.39 is 11.7 Å². The van der Waals surface area contributed by atoms with Crippen molar-refractivity contribution in [2.24, 2.45) is 0 Å². The maximum atomic E-state index is 13.2. The SMILES string of the molecule is CCOC(=O)Cc1csc(NC(=O)c2cc(F)ccc2N)n1. The molecule has 116 valence electrons. The molecule has 0 saturated carbocycles. The minimum absolute atomic E-state index is 0.0298. The van der Waals surface area contributed by atoms with E-state index >= 15 is 0 Å². The Labute approximate surface area is 130 Å². The van der Waals surface area contributed by atoms with Crippen LogP contribution in [0.1, 0.15) is 23.0 Å². The smallest absolute Gasteiger partial charge is 0.311 e. The number of thiazole rings is 1. The van der Waals surface area contributed by atoms with Crippen LogP contribution in [-0.4, -0.2) is 23.5 Å². The van der Waals surface area contributed by atoms with Crippen molar-refractivity contribution in [1.82, 2.24) is 4.98 Å². The monoisotopic (exact) mass is 323 g/mol. The van der Waals surface area contributed by atoms with Gasteiger partial charge in [0.15, 0.2) is 5.13 Å². The summed E-state index contributed by atoms with van der Waals surface area (Å²) in [7, 11) is 0. The van der Waals surface area contributed by atoms with E-state index in [1.165, 1.54) is 12.1 Å². The van der Waals surface area contributed by atoms with E-state index in [9.17, 15) is 14.0 Å². The average Bonchev–Trinajstić information content (AvgIpc) is 2.88. The molecule has 0 atom stereocenters. The first-order valence-corrected chi connectivity index (χ1v) is 7.34. The Morgan fingerprint density at radius 1 is 1.45 bits per heavy atom. The number of halogens is 1. The maximum absolute atomic E-state index is 13.2. The van der Waals surface area contributed by atoms with Crippen molar-refractivity contribution < 1.29 is 18.7 Å². The lowest BCUT2D eigenvalue weighted by molar-refractivity contribution is -0.142. The number of nitrogen functional groups attached to an aromatic ring is 1. The number of nitrogens with two attached hydrogens (primary N) is 1. The van der Waals surface area contributed by atoms with E-state index in [2.05, 4.69) is 10.3 Å². The number of carbonyl (C=O) groups excluding carboxylic acids is 2. The second-order valence-corrected chi connectivity index (χ2v) is 5.17. The highest BCUT2D eigenvalue weighted by Crippen LogP contribution is 2.19. The second-order valence-electron chi connectivity index (χ2n) is 4.31. The Hall–Kier alpha value is -2.48. The lowest BCUT2D eigenvalue weighted by Gasteiger charge is -2.05. The lowest BCUT2D eigenvalue weighted by atomic mass is 10.1. The topological polar surface area (TPSA) is 94.3 Å². The number of esters is 1. The van der Waals surface area contributed by atoms with Crippen LogP contribution < -0.4 is 11.1 Å². The predicted octanol–water partition coefficient (Wildman–Crippen LogP) is 2.22. The van der Waals surface area contributed by atoms with E-state index in [1.54, 1.807) is 12.3 Å². The third-order valence-corrected chi connectivity index (χ3v) is 3.47. The van der Waals surface area contributed by atoms with Crippen molar-refractivity contribution in [1.29, 1.82) is 0 Å². The normalized spacial score (nSPS) is 10.3. The van der Waals surface area contributed by atoms with Gasteiger partial charge in [0.05, 0.1) is 24.3 Å². The molecule has 0 aliphatic rings. The first-order valence-electron chi connectivity index (χ1n) is 6.46. The standard InChI is InChI=1S/C14H14FN3O3S/c1-2-21-12(19)6-9-7-22-14(17-9)18-13(20)10-5-8(15)3-4-11(10)16/h3-5,7H,2,6,16H2,1H3,(H,17,18,20). The van der Waals surface area contributed by atoms with Crippen molar-refractivity contribution in [2.75, 3.05) is 17.7 Å². The molecule has 22 heavy (non-hydrogen) atoms. The van der Waals surface area contributed by atoms with Gasteiger partial charge in [-0.2, -0.15) is 0 Å². The van der Waals surface area contributed by atoms with Gasteiger partial charge in [0, 0.05) is 11.1 Å². The summed E-state index contributed by atoms with van der Waals surface area (Å²) in [4.78, 5) is 27.5. The van der Waals surface area contributed by atoms with Gasteiger partial charge in [-0.1, -0.05) is 0 Å². The number of hydrogen-bond acceptors (Lipinski definition) is 6. The van der Waals surface area contributed by atoms with Gasteiger partial charge in [0.2, 0.25) is 0 Å². The zero-order valence-corrected chi connectivity index (χ0v) is 12.6. The van der Waals surface area contributed by atoms with E-state index in [1.807, 2.05) is 0 Å². The number of anilines is 2. The first-order chi connectivity index (χ1) is 10.5. The molecule has 0 radical (unpaired) electrons. The van der Waals surface area contributed by atoms with Crippen molar-refractivity contribution >= 4 is 34.0 Å². The summed E-state index contributed by atoms with van der Waals surface area (Å²) >= 11 is 1.16. The van der Waals surface area contributed by atoms with Gasteiger partial charge in [-0.25, -0.2) is 9.37 Å². The van der Waals surface area contributed by atoms with Gasteiger partial charge < -0.3 is 10.5 Å². The number of aromatic nitrogens is 1. The molecule has 0 bridgehead atoms. The quantitative estimate of drug-likeness (QED) is 0.650. The number of ether oxygens (including phenoxy) is 1. The average molecular weight is 323 g/mol.